The van der Waals surface area contributed by atoms with Crippen molar-refractivity contribution in [3.63, 3.8) is 0 Å². The van der Waals surface area contributed by atoms with Crippen molar-refractivity contribution in [1.82, 2.24) is 9.97 Å². The van der Waals surface area contributed by atoms with Gasteiger partial charge in [-0.3, -0.25) is 4.98 Å². The Bertz CT molecular complexity index is 509. The Labute approximate surface area is 109 Å². The van der Waals surface area contributed by atoms with E-state index >= 15 is 0 Å². The zero-order chi connectivity index (χ0) is 11.7. The van der Waals surface area contributed by atoms with E-state index in [1.807, 2.05) is 36.5 Å². The van der Waals surface area contributed by atoms with Crippen LogP contribution in [0.1, 0.15) is 18.5 Å². The maximum atomic E-state index is 5.86. The van der Waals surface area contributed by atoms with Crippen LogP contribution in [0, 0.1) is 0 Å². The molecule has 0 unspecified atom stereocenters. The molecule has 1 saturated carbocycles. The van der Waals surface area contributed by atoms with Crippen molar-refractivity contribution >= 4 is 23.4 Å². The van der Waals surface area contributed by atoms with E-state index in [0.29, 0.717) is 5.02 Å². The molecule has 0 aromatic carbocycles. The summed E-state index contributed by atoms with van der Waals surface area (Å²) in [4.78, 5) is 8.78. The van der Waals surface area contributed by atoms with Crippen LogP contribution in [-0.2, 0) is 4.75 Å². The van der Waals surface area contributed by atoms with Gasteiger partial charge in [-0.05, 0) is 37.1 Å². The number of rotatable bonds is 3. The molecule has 0 saturated heterocycles. The summed E-state index contributed by atoms with van der Waals surface area (Å²) in [6.45, 7) is 0. The van der Waals surface area contributed by atoms with Crippen LogP contribution >= 0.6 is 23.4 Å². The van der Waals surface area contributed by atoms with E-state index in [-0.39, 0.29) is 4.75 Å². The minimum absolute atomic E-state index is 0.124. The summed E-state index contributed by atoms with van der Waals surface area (Å²) < 4.78 is 0.124. The van der Waals surface area contributed by atoms with Crippen LogP contribution in [0.4, 0.5) is 0 Å². The molecule has 1 fully saturated rings. The van der Waals surface area contributed by atoms with Crippen molar-refractivity contribution in [2.24, 2.45) is 0 Å². The number of pyridine rings is 2. The molecule has 17 heavy (non-hydrogen) atoms. The van der Waals surface area contributed by atoms with E-state index in [1.165, 1.54) is 0 Å². The normalized spacial score (nSPS) is 16.8. The van der Waals surface area contributed by atoms with E-state index in [1.54, 1.807) is 18.0 Å². The SMILES string of the molecule is Clc1ccc(C2(Sc3ccccn3)CC2)nc1. The first-order valence-electron chi connectivity index (χ1n) is 5.51. The molecule has 1 aliphatic carbocycles. The van der Waals surface area contributed by atoms with Crippen molar-refractivity contribution in [3.8, 4) is 0 Å². The number of aromatic nitrogens is 2. The van der Waals surface area contributed by atoms with Crippen LogP contribution in [0.15, 0.2) is 47.8 Å². The van der Waals surface area contributed by atoms with Crippen LogP contribution in [-0.4, -0.2) is 9.97 Å². The molecule has 86 valence electrons. The molecule has 2 aromatic heterocycles. The monoisotopic (exact) mass is 262 g/mol. The quantitative estimate of drug-likeness (QED) is 0.839. The van der Waals surface area contributed by atoms with Gasteiger partial charge in [-0.25, -0.2) is 4.98 Å². The van der Waals surface area contributed by atoms with E-state index in [0.717, 1.165) is 23.6 Å². The number of nitrogens with zero attached hydrogens (tertiary/aromatic N) is 2. The number of hydrogen-bond acceptors (Lipinski definition) is 3. The molecule has 2 heterocycles. The molecule has 2 nitrogen and oxygen atoms in total. The molecular weight excluding hydrogens is 252 g/mol. The zero-order valence-corrected chi connectivity index (χ0v) is 10.7. The predicted octanol–water partition coefficient (Wildman–Crippen LogP) is 3.91. The molecule has 4 heteroatoms. The summed E-state index contributed by atoms with van der Waals surface area (Å²) in [5.74, 6) is 0. The summed E-state index contributed by atoms with van der Waals surface area (Å²) in [6.07, 6.45) is 5.86. The smallest absolute Gasteiger partial charge is 0.0969 e. The molecule has 0 spiro atoms. The fourth-order valence-corrected chi connectivity index (χ4v) is 3.08. The minimum Gasteiger partial charge on any atom is -0.258 e. The molecule has 0 N–H and O–H groups in total. The van der Waals surface area contributed by atoms with Gasteiger partial charge in [-0.15, -0.1) is 0 Å². The fraction of sp³-hybridized carbons (Fsp3) is 0.231. The molecule has 0 radical (unpaired) electrons. The summed E-state index contributed by atoms with van der Waals surface area (Å²) >= 11 is 7.66. The highest BCUT2D eigenvalue weighted by Crippen LogP contribution is 2.58. The van der Waals surface area contributed by atoms with Crippen molar-refractivity contribution in [2.75, 3.05) is 0 Å². The number of hydrogen-bond donors (Lipinski definition) is 0. The third-order valence-corrected chi connectivity index (χ3v) is 4.52. The molecule has 0 bridgehead atoms. The van der Waals surface area contributed by atoms with Gasteiger partial charge in [0.1, 0.15) is 0 Å². The molecule has 3 rings (SSSR count). The van der Waals surface area contributed by atoms with E-state index < -0.39 is 0 Å². The molecule has 1 aliphatic rings. The Balaban J connectivity index is 1.85. The Morgan fingerprint density at radius 1 is 1.12 bits per heavy atom. The number of halogens is 1. The van der Waals surface area contributed by atoms with Crippen LogP contribution in [0.2, 0.25) is 5.02 Å². The largest absolute Gasteiger partial charge is 0.258 e. The van der Waals surface area contributed by atoms with Gasteiger partial charge in [0.15, 0.2) is 0 Å². The third kappa shape index (κ3) is 2.31. The standard InChI is InChI=1S/C13H11ClN2S/c14-10-4-5-11(16-9-10)13(6-7-13)17-12-3-1-2-8-15-12/h1-5,8-9H,6-7H2. The molecule has 0 aliphatic heterocycles. The highest BCUT2D eigenvalue weighted by Gasteiger charge is 2.47. The maximum absolute atomic E-state index is 5.86. The Morgan fingerprint density at radius 3 is 2.59 bits per heavy atom. The first-order valence-corrected chi connectivity index (χ1v) is 6.70. The van der Waals surface area contributed by atoms with Gasteiger partial charge in [0.2, 0.25) is 0 Å². The van der Waals surface area contributed by atoms with Gasteiger partial charge in [0.25, 0.3) is 0 Å². The summed E-state index contributed by atoms with van der Waals surface area (Å²) in [5, 5.41) is 1.74. The van der Waals surface area contributed by atoms with Crippen molar-refractivity contribution in [2.45, 2.75) is 22.6 Å². The average molecular weight is 263 g/mol. The van der Waals surface area contributed by atoms with Gasteiger partial charge >= 0.3 is 0 Å². The number of thioether (sulfide) groups is 1. The predicted molar refractivity (Wildman–Crippen MR) is 70.3 cm³/mol. The zero-order valence-electron chi connectivity index (χ0n) is 9.14. The summed E-state index contributed by atoms with van der Waals surface area (Å²) in [7, 11) is 0. The lowest BCUT2D eigenvalue weighted by Gasteiger charge is -2.13. The summed E-state index contributed by atoms with van der Waals surface area (Å²) in [6, 6.07) is 9.92. The van der Waals surface area contributed by atoms with E-state index in [4.69, 9.17) is 11.6 Å². The van der Waals surface area contributed by atoms with Crippen LogP contribution in [0.3, 0.4) is 0 Å². The van der Waals surface area contributed by atoms with Crippen molar-refractivity contribution < 1.29 is 0 Å². The highest BCUT2D eigenvalue weighted by molar-refractivity contribution is 8.00. The van der Waals surface area contributed by atoms with Crippen LogP contribution < -0.4 is 0 Å². The third-order valence-electron chi connectivity index (χ3n) is 2.84. The lowest BCUT2D eigenvalue weighted by molar-refractivity contribution is 0.942. The summed E-state index contributed by atoms with van der Waals surface area (Å²) in [5.41, 5.74) is 1.11. The first kappa shape index (κ1) is 11.1. The van der Waals surface area contributed by atoms with Gasteiger partial charge < -0.3 is 0 Å². The highest BCUT2D eigenvalue weighted by atomic mass is 35.5. The lowest BCUT2D eigenvalue weighted by atomic mass is 10.2. The van der Waals surface area contributed by atoms with Gasteiger partial charge in [-0.1, -0.05) is 29.4 Å². The fourth-order valence-electron chi connectivity index (χ4n) is 1.78. The Hall–Kier alpha value is -1.06. The second kappa shape index (κ2) is 4.31. The first-order chi connectivity index (χ1) is 8.28. The molecule has 0 atom stereocenters. The Kier molecular flexibility index (Phi) is 2.81. The average Bonchev–Trinajstić information content (AvgIpc) is 3.12. The van der Waals surface area contributed by atoms with Crippen LogP contribution in [0.25, 0.3) is 0 Å². The second-order valence-electron chi connectivity index (χ2n) is 4.13. The molecule has 2 aromatic rings. The lowest BCUT2D eigenvalue weighted by Crippen LogP contribution is -2.03. The second-order valence-corrected chi connectivity index (χ2v) is 5.97. The molecular formula is C13H11ClN2S. The van der Waals surface area contributed by atoms with Crippen molar-refractivity contribution in [3.05, 3.63) is 53.4 Å². The van der Waals surface area contributed by atoms with Crippen molar-refractivity contribution in [1.29, 1.82) is 0 Å². The Morgan fingerprint density at radius 2 is 2.00 bits per heavy atom. The van der Waals surface area contributed by atoms with Gasteiger partial charge in [-0.2, -0.15) is 0 Å². The van der Waals surface area contributed by atoms with E-state index in [9.17, 15) is 0 Å². The maximum Gasteiger partial charge on any atom is 0.0969 e. The van der Waals surface area contributed by atoms with E-state index in [2.05, 4.69) is 9.97 Å². The van der Waals surface area contributed by atoms with Gasteiger partial charge in [0.05, 0.1) is 20.5 Å². The van der Waals surface area contributed by atoms with Gasteiger partial charge in [0, 0.05) is 12.4 Å². The minimum atomic E-state index is 0.124. The topological polar surface area (TPSA) is 25.8 Å². The molecule has 0 amide bonds. The van der Waals surface area contributed by atoms with Crippen LogP contribution in [0.5, 0.6) is 0 Å².